The van der Waals surface area contributed by atoms with Gasteiger partial charge in [0.15, 0.2) is 0 Å². The molecule has 1 fully saturated rings. The number of aryl methyl sites for hydroxylation is 1. The number of nitrogens with zero attached hydrogens (tertiary/aromatic N) is 1. The van der Waals surface area contributed by atoms with Crippen LogP contribution in [-0.2, 0) is 21.3 Å². The van der Waals surface area contributed by atoms with Crippen molar-refractivity contribution in [2.45, 2.75) is 50.7 Å². The first kappa shape index (κ1) is 16.4. The summed E-state index contributed by atoms with van der Waals surface area (Å²) in [5.74, 6) is 0. The summed E-state index contributed by atoms with van der Waals surface area (Å²) in [5.41, 5.74) is 0.652. The van der Waals surface area contributed by atoms with Gasteiger partial charge in [-0.3, -0.25) is 5.10 Å². The second kappa shape index (κ2) is 6.43. The van der Waals surface area contributed by atoms with Gasteiger partial charge in [-0.15, -0.1) is 0 Å². The van der Waals surface area contributed by atoms with Crippen LogP contribution in [0, 0.1) is 6.92 Å². The second-order valence-electron chi connectivity index (χ2n) is 5.63. The molecule has 0 aromatic carbocycles. The van der Waals surface area contributed by atoms with Crippen LogP contribution in [0.3, 0.4) is 0 Å². The molecule has 3 N–H and O–H groups in total. The van der Waals surface area contributed by atoms with Gasteiger partial charge in [-0.25, -0.2) is 13.1 Å². The molecule has 1 atom stereocenters. The topological polar surface area (TPSA) is 96.1 Å². The molecule has 2 rings (SSSR count). The van der Waals surface area contributed by atoms with E-state index in [2.05, 4.69) is 20.2 Å². The highest BCUT2D eigenvalue weighted by molar-refractivity contribution is 7.89. The SMILES string of the molecule is CCNCc1n[nH]c(C)c1S(=O)(=O)NCC1(C)CCCO1. The summed E-state index contributed by atoms with van der Waals surface area (Å²) in [5, 5.41) is 9.92. The molecule has 1 aliphatic rings. The Labute approximate surface area is 125 Å². The predicted molar refractivity (Wildman–Crippen MR) is 79.5 cm³/mol. The van der Waals surface area contributed by atoms with E-state index < -0.39 is 15.6 Å². The number of sulfonamides is 1. The van der Waals surface area contributed by atoms with E-state index in [9.17, 15) is 8.42 Å². The van der Waals surface area contributed by atoms with E-state index in [1.54, 1.807) is 6.92 Å². The first-order valence-corrected chi connectivity index (χ1v) is 8.74. The molecule has 21 heavy (non-hydrogen) atoms. The zero-order valence-corrected chi connectivity index (χ0v) is 13.6. The largest absolute Gasteiger partial charge is 0.374 e. The molecule has 2 heterocycles. The van der Waals surface area contributed by atoms with Crippen molar-refractivity contribution in [3.8, 4) is 0 Å². The predicted octanol–water partition coefficient (Wildman–Crippen LogP) is 0.675. The zero-order chi connectivity index (χ0) is 15.5. The highest BCUT2D eigenvalue weighted by Crippen LogP contribution is 2.25. The van der Waals surface area contributed by atoms with Crippen molar-refractivity contribution in [1.82, 2.24) is 20.2 Å². The van der Waals surface area contributed by atoms with Crippen molar-refractivity contribution in [2.24, 2.45) is 0 Å². The molecule has 1 aromatic heterocycles. The maximum atomic E-state index is 12.5. The van der Waals surface area contributed by atoms with Gasteiger partial charge in [0.1, 0.15) is 4.90 Å². The maximum Gasteiger partial charge on any atom is 0.244 e. The summed E-state index contributed by atoms with van der Waals surface area (Å²) in [6.07, 6.45) is 1.83. The Morgan fingerprint density at radius 3 is 2.86 bits per heavy atom. The Morgan fingerprint density at radius 1 is 1.48 bits per heavy atom. The molecule has 7 nitrogen and oxygen atoms in total. The van der Waals surface area contributed by atoms with Crippen LogP contribution in [0.1, 0.15) is 38.1 Å². The first-order valence-electron chi connectivity index (χ1n) is 7.26. The Kier molecular flexibility index (Phi) is 5.03. The van der Waals surface area contributed by atoms with Crippen LogP contribution in [-0.4, -0.2) is 43.9 Å². The van der Waals surface area contributed by atoms with Crippen molar-refractivity contribution < 1.29 is 13.2 Å². The number of aromatic amines is 1. The van der Waals surface area contributed by atoms with Crippen molar-refractivity contribution in [3.63, 3.8) is 0 Å². The fourth-order valence-corrected chi connectivity index (χ4v) is 4.00. The van der Waals surface area contributed by atoms with E-state index in [0.717, 1.165) is 19.4 Å². The standard InChI is InChI=1S/C13H24N4O3S/c1-4-14-8-11-12(10(2)16-17-11)21(18,19)15-9-13(3)6-5-7-20-13/h14-15H,4-9H2,1-3H3,(H,16,17). The third kappa shape index (κ3) is 3.82. The molecule has 0 amide bonds. The van der Waals surface area contributed by atoms with Gasteiger partial charge in [-0.05, 0) is 33.2 Å². The normalized spacial score (nSPS) is 22.8. The minimum Gasteiger partial charge on any atom is -0.374 e. The summed E-state index contributed by atoms with van der Waals surface area (Å²) in [6, 6.07) is 0. The average Bonchev–Trinajstić information content (AvgIpc) is 3.02. The summed E-state index contributed by atoms with van der Waals surface area (Å²) in [7, 11) is -3.60. The van der Waals surface area contributed by atoms with Crippen LogP contribution in [0.25, 0.3) is 0 Å². The van der Waals surface area contributed by atoms with Crippen molar-refractivity contribution in [1.29, 1.82) is 0 Å². The van der Waals surface area contributed by atoms with Gasteiger partial charge < -0.3 is 10.1 Å². The van der Waals surface area contributed by atoms with Crippen LogP contribution in [0.15, 0.2) is 4.90 Å². The van der Waals surface area contributed by atoms with Gasteiger partial charge in [0.2, 0.25) is 10.0 Å². The number of nitrogens with one attached hydrogen (secondary N) is 3. The summed E-state index contributed by atoms with van der Waals surface area (Å²) in [4.78, 5) is 0.241. The molecule has 8 heteroatoms. The van der Waals surface area contributed by atoms with Crippen LogP contribution in [0.5, 0.6) is 0 Å². The number of hydrogen-bond donors (Lipinski definition) is 3. The van der Waals surface area contributed by atoms with Crippen molar-refractivity contribution >= 4 is 10.0 Å². The third-order valence-electron chi connectivity index (χ3n) is 3.71. The van der Waals surface area contributed by atoms with E-state index >= 15 is 0 Å². The van der Waals surface area contributed by atoms with Gasteiger partial charge in [0.25, 0.3) is 0 Å². The first-order chi connectivity index (χ1) is 9.88. The third-order valence-corrected chi connectivity index (χ3v) is 5.31. The van der Waals surface area contributed by atoms with Gasteiger partial charge in [0, 0.05) is 19.7 Å². The molecule has 0 saturated carbocycles. The Morgan fingerprint density at radius 2 is 2.24 bits per heavy atom. The molecule has 1 saturated heterocycles. The molecule has 0 aliphatic carbocycles. The zero-order valence-electron chi connectivity index (χ0n) is 12.8. The molecule has 1 unspecified atom stereocenters. The fraction of sp³-hybridized carbons (Fsp3) is 0.769. The molecular formula is C13H24N4O3S. The van der Waals surface area contributed by atoms with Crippen LogP contribution >= 0.6 is 0 Å². The lowest BCUT2D eigenvalue weighted by Crippen LogP contribution is -2.40. The molecular weight excluding hydrogens is 292 g/mol. The van der Waals surface area contributed by atoms with Crippen LogP contribution in [0.4, 0.5) is 0 Å². The fourth-order valence-electron chi connectivity index (χ4n) is 2.49. The Hall–Kier alpha value is -0.960. The van der Waals surface area contributed by atoms with Crippen molar-refractivity contribution in [2.75, 3.05) is 19.7 Å². The molecule has 1 aliphatic heterocycles. The highest BCUT2D eigenvalue weighted by atomic mass is 32.2. The molecule has 0 bridgehead atoms. The Bertz CT molecular complexity index is 576. The van der Waals surface area contributed by atoms with E-state index in [4.69, 9.17) is 4.74 Å². The molecule has 0 radical (unpaired) electrons. The van der Waals surface area contributed by atoms with E-state index in [0.29, 0.717) is 24.5 Å². The number of hydrogen-bond acceptors (Lipinski definition) is 5. The monoisotopic (exact) mass is 316 g/mol. The number of ether oxygens (including phenoxy) is 1. The number of aromatic nitrogens is 2. The number of H-pyrrole nitrogens is 1. The lowest BCUT2D eigenvalue weighted by Gasteiger charge is -2.23. The Balaban J connectivity index is 2.13. The highest BCUT2D eigenvalue weighted by Gasteiger charge is 2.33. The van der Waals surface area contributed by atoms with Crippen LogP contribution < -0.4 is 10.0 Å². The van der Waals surface area contributed by atoms with Gasteiger partial charge >= 0.3 is 0 Å². The van der Waals surface area contributed by atoms with Gasteiger partial charge in [0.05, 0.1) is 17.0 Å². The molecule has 0 spiro atoms. The second-order valence-corrected chi connectivity index (χ2v) is 7.34. The summed E-state index contributed by atoms with van der Waals surface area (Å²) >= 11 is 0. The van der Waals surface area contributed by atoms with Crippen LogP contribution in [0.2, 0.25) is 0 Å². The maximum absolute atomic E-state index is 12.5. The van der Waals surface area contributed by atoms with Crippen molar-refractivity contribution in [3.05, 3.63) is 11.4 Å². The molecule has 1 aromatic rings. The van der Waals surface area contributed by atoms with Gasteiger partial charge in [-0.2, -0.15) is 5.10 Å². The lowest BCUT2D eigenvalue weighted by atomic mass is 10.0. The summed E-state index contributed by atoms with van der Waals surface area (Å²) < 4.78 is 33.4. The minimum absolute atomic E-state index is 0.241. The van der Waals surface area contributed by atoms with E-state index in [1.165, 1.54) is 0 Å². The summed E-state index contributed by atoms with van der Waals surface area (Å²) in [6.45, 7) is 7.75. The number of rotatable bonds is 7. The van der Waals surface area contributed by atoms with Gasteiger partial charge in [-0.1, -0.05) is 6.92 Å². The lowest BCUT2D eigenvalue weighted by molar-refractivity contribution is 0.0250. The molecule has 120 valence electrons. The average molecular weight is 316 g/mol. The quantitative estimate of drug-likeness (QED) is 0.687. The minimum atomic E-state index is -3.60. The van der Waals surface area contributed by atoms with E-state index in [1.807, 2.05) is 13.8 Å². The smallest absolute Gasteiger partial charge is 0.244 e. The van der Waals surface area contributed by atoms with E-state index in [-0.39, 0.29) is 11.4 Å².